The van der Waals surface area contributed by atoms with Crippen molar-refractivity contribution in [3.63, 3.8) is 0 Å². The SMILES string of the molecule is CC1CCC(CO)(NCc2cccs2)CC1C. The third-order valence-corrected chi connectivity index (χ3v) is 5.16. The van der Waals surface area contributed by atoms with Crippen LogP contribution in [-0.2, 0) is 6.54 Å². The monoisotopic (exact) mass is 253 g/mol. The predicted octanol–water partition coefficient (Wildman–Crippen LogP) is 3.02. The van der Waals surface area contributed by atoms with Gasteiger partial charge in [0.25, 0.3) is 0 Å². The summed E-state index contributed by atoms with van der Waals surface area (Å²) in [4.78, 5) is 1.35. The van der Waals surface area contributed by atoms with Crippen LogP contribution in [0.4, 0.5) is 0 Å². The highest BCUT2D eigenvalue weighted by Crippen LogP contribution is 2.36. The van der Waals surface area contributed by atoms with Gasteiger partial charge in [-0.3, -0.25) is 0 Å². The molecule has 96 valence electrons. The largest absolute Gasteiger partial charge is 0.394 e. The molecule has 0 radical (unpaired) electrons. The standard InChI is InChI=1S/C14H23NOS/c1-11-5-6-14(10-16,8-12(11)2)15-9-13-4-3-7-17-13/h3-4,7,11-12,15-16H,5-6,8-10H2,1-2H3. The van der Waals surface area contributed by atoms with E-state index in [0.29, 0.717) is 5.92 Å². The lowest BCUT2D eigenvalue weighted by Gasteiger charge is -2.42. The number of aliphatic hydroxyl groups excluding tert-OH is 1. The Bertz CT molecular complexity index is 338. The topological polar surface area (TPSA) is 32.3 Å². The van der Waals surface area contributed by atoms with Crippen molar-refractivity contribution in [2.45, 2.75) is 45.2 Å². The van der Waals surface area contributed by atoms with Crippen LogP contribution in [0, 0.1) is 11.8 Å². The van der Waals surface area contributed by atoms with Crippen molar-refractivity contribution in [3.05, 3.63) is 22.4 Å². The summed E-state index contributed by atoms with van der Waals surface area (Å²) < 4.78 is 0. The summed E-state index contributed by atoms with van der Waals surface area (Å²) in [6, 6.07) is 4.23. The Morgan fingerprint density at radius 2 is 2.29 bits per heavy atom. The molecule has 0 aromatic carbocycles. The van der Waals surface area contributed by atoms with E-state index >= 15 is 0 Å². The average molecular weight is 253 g/mol. The summed E-state index contributed by atoms with van der Waals surface area (Å²) in [6.45, 7) is 5.78. The summed E-state index contributed by atoms with van der Waals surface area (Å²) in [6.07, 6.45) is 3.41. The van der Waals surface area contributed by atoms with E-state index in [4.69, 9.17) is 0 Å². The minimum atomic E-state index is -0.0457. The molecule has 3 unspecified atom stereocenters. The van der Waals surface area contributed by atoms with E-state index in [1.807, 2.05) is 0 Å². The molecule has 3 atom stereocenters. The molecule has 0 bridgehead atoms. The number of rotatable bonds is 4. The third kappa shape index (κ3) is 3.09. The normalized spacial score (nSPS) is 33.8. The van der Waals surface area contributed by atoms with Gasteiger partial charge in [0.2, 0.25) is 0 Å². The molecule has 2 rings (SSSR count). The van der Waals surface area contributed by atoms with Gasteiger partial charge in [0.15, 0.2) is 0 Å². The molecular formula is C14H23NOS. The average Bonchev–Trinajstić information content (AvgIpc) is 2.84. The highest BCUT2D eigenvalue weighted by atomic mass is 32.1. The number of hydrogen-bond donors (Lipinski definition) is 2. The first-order chi connectivity index (χ1) is 8.15. The Morgan fingerprint density at radius 1 is 1.47 bits per heavy atom. The van der Waals surface area contributed by atoms with E-state index < -0.39 is 0 Å². The summed E-state index contributed by atoms with van der Waals surface area (Å²) >= 11 is 1.78. The Kier molecular flexibility index (Phi) is 4.23. The summed E-state index contributed by atoms with van der Waals surface area (Å²) in [5.41, 5.74) is -0.0457. The van der Waals surface area contributed by atoms with E-state index in [9.17, 15) is 5.11 Å². The van der Waals surface area contributed by atoms with E-state index in [0.717, 1.165) is 25.3 Å². The molecule has 3 heteroatoms. The van der Waals surface area contributed by atoms with Crippen LogP contribution in [0.25, 0.3) is 0 Å². The van der Waals surface area contributed by atoms with Crippen molar-refractivity contribution < 1.29 is 5.11 Å². The van der Waals surface area contributed by atoms with E-state index in [1.54, 1.807) is 11.3 Å². The van der Waals surface area contributed by atoms with E-state index in [2.05, 4.69) is 36.7 Å². The lowest BCUT2D eigenvalue weighted by atomic mass is 9.71. The fraction of sp³-hybridized carbons (Fsp3) is 0.714. The first-order valence-corrected chi connectivity index (χ1v) is 7.41. The number of thiophene rings is 1. The van der Waals surface area contributed by atoms with E-state index in [-0.39, 0.29) is 12.1 Å². The number of aliphatic hydroxyl groups is 1. The molecule has 2 N–H and O–H groups in total. The molecule has 17 heavy (non-hydrogen) atoms. The van der Waals surface area contributed by atoms with Gasteiger partial charge in [-0.1, -0.05) is 19.9 Å². The van der Waals surface area contributed by atoms with Gasteiger partial charge in [-0.05, 0) is 42.5 Å². The Balaban J connectivity index is 1.95. The Morgan fingerprint density at radius 3 is 2.88 bits per heavy atom. The highest BCUT2D eigenvalue weighted by molar-refractivity contribution is 7.09. The lowest BCUT2D eigenvalue weighted by molar-refractivity contribution is 0.0752. The summed E-state index contributed by atoms with van der Waals surface area (Å²) in [5, 5.41) is 15.4. The summed E-state index contributed by atoms with van der Waals surface area (Å²) in [5.74, 6) is 1.49. The maximum atomic E-state index is 9.72. The quantitative estimate of drug-likeness (QED) is 0.864. The maximum absolute atomic E-state index is 9.72. The van der Waals surface area contributed by atoms with Crippen LogP contribution in [0.5, 0.6) is 0 Å². The fourth-order valence-electron chi connectivity index (χ4n) is 2.76. The molecule has 1 aromatic heterocycles. The molecule has 1 aliphatic carbocycles. The molecule has 1 heterocycles. The van der Waals surface area contributed by atoms with Crippen LogP contribution in [0.2, 0.25) is 0 Å². The van der Waals surface area contributed by atoms with Crippen LogP contribution in [-0.4, -0.2) is 17.3 Å². The number of hydrogen-bond acceptors (Lipinski definition) is 3. The number of nitrogens with one attached hydrogen (secondary N) is 1. The van der Waals surface area contributed by atoms with Gasteiger partial charge in [-0.25, -0.2) is 0 Å². The molecule has 0 amide bonds. The van der Waals surface area contributed by atoms with E-state index in [1.165, 1.54) is 11.3 Å². The van der Waals surface area contributed by atoms with Crippen LogP contribution in [0.1, 0.15) is 38.0 Å². The van der Waals surface area contributed by atoms with Gasteiger partial charge in [-0.15, -0.1) is 11.3 Å². The zero-order valence-electron chi connectivity index (χ0n) is 10.8. The second kappa shape index (κ2) is 5.51. The van der Waals surface area contributed by atoms with Crippen molar-refractivity contribution in [3.8, 4) is 0 Å². The Labute approximate surface area is 108 Å². The minimum absolute atomic E-state index is 0.0457. The maximum Gasteiger partial charge on any atom is 0.0613 e. The van der Waals surface area contributed by atoms with Gasteiger partial charge < -0.3 is 10.4 Å². The molecule has 0 saturated heterocycles. The summed E-state index contributed by atoms with van der Waals surface area (Å²) in [7, 11) is 0. The first kappa shape index (κ1) is 13.1. The molecule has 2 nitrogen and oxygen atoms in total. The first-order valence-electron chi connectivity index (χ1n) is 6.53. The second-order valence-corrected chi connectivity index (χ2v) is 6.60. The fourth-order valence-corrected chi connectivity index (χ4v) is 3.40. The van der Waals surface area contributed by atoms with Crippen LogP contribution >= 0.6 is 11.3 Å². The zero-order chi connectivity index (χ0) is 12.3. The molecule has 1 saturated carbocycles. The van der Waals surface area contributed by atoms with Gasteiger partial charge in [0, 0.05) is 17.0 Å². The van der Waals surface area contributed by atoms with Crippen LogP contribution in [0.3, 0.4) is 0 Å². The molecule has 0 aliphatic heterocycles. The Hall–Kier alpha value is -0.380. The minimum Gasteiger partial charge on any atom is -0.394 e. The van der Waals surface area contributed by atoms with Crippen molar-refractivity contribution in [2.24, 2.45) is 11.8 Å². The molecule has 1 aliphatic rings. The second-order valence-electron chi connectivity index (χ2n) is 5.57. The van der Waals surface area contributed by atoms with Gasteiger partial charge in [0.05, 0.1) is 6.61 Å². The van der Waals surface area contributed by atoms with Crippen molar-refractivity contribution >= 4 is 11.3 Å². The van der Waals surface area contributed by atoms with Crippen molar-refractivity contribution in [1.29, 1.82) is 0 Å². The zero-order valence-corrected chi connectivity index (χ0v) is 11.6. The molecular weight excluding hydrogens is 230 g/mol. The molecule has 1 fully saturated rings. The van der Waals surface area contributed by atoms with Gasteiger partial charge in [-0.2, -0.15) is 0 Å². The van der Waals surface area contributed by atoms with Crippen molar-refractivity contribution in [2.75, 3.05) is 6.61 Å². The lowest BCUT2D eigenvalue weighted by Crippen LogP contribution is -2.52. The van der Waals surface area contributed by atoms with Crippen LogP contribution < -0.4 is 5.32 Å². The third-order valence-electron chi connectivity index (χ3n) is 4.28. The predicted molar refractivity (Wildman–Crippen MR) is 73.2 cm³/mol. The smallest absolute Gasteiger partial charge is 0.0613 e. The molecule has 0 spiro atoms. The van der Waals surface area contributed by atoms with Gasteiger partial charge in [0.1, 0.15) is 0 Å². The van der Waals surface area contributed by atoms with Gasteiger partial charge >= 0.3 is 0 Å². The highest BCUT2D eigenvalue weighted by Gasteiger charge is 2.36. The van der Waals surface area contributed by atoms with Crippen molar-refractivity contribution in [1.82, 2.24) is 5.32 Å². The molecule has 1 aromatic rings. The van der Waals surface area contributed by atoms with Crippen LogP contribution in [0.15, 0.2) is 17.5 Å².